The number of aromatic nitrogens is 2. The van der Waals surface area contributed by atoms with Crippen molar-refractivity contribution < 1.29 is 14.3 Å². The Labute approximate surface area is 189 Å². The van der Waals surface area contributed by atoms with Crippen molar-refractivity contribution in [3.8, 4) is 0 Å². The first-order valence-corrected chi connectivity index (χ1v) is 11.3. The summed E-state index contributed by atoms with van der Waals surface area (Å²) in [7, 11) is 1.73. The minimum Gasteiger partial charge on any atom is -0.372 e. The lowest BCUT2D eigenvalue weighted by Crippen LogP contribution is -2.47. The summed E-state index contributed by atoms with van der Waals surface area (Å²) < 4.78 is 17.4. The number of hydrogen-bond donors (Lipinski definition) is 1. The van der Waals surface area contributed by atoms with Crippen LogP contribution in [0, 0.1) is 0 Å². The van der Waals surface area contributed by atoms with Gasteiger partial charge in [0.2, 0.25) is 0 Å². The molecule has 0 saturated heterocycles. The van der Waals surface area contributed by atoms with Crippen molar-refractivity contribution >= 4 is 49.5 Å². The van der Waals surface area contributed by atoms with Gasteiger partial charge in [0.25, 0.3) is 5.91 Å². The Kier molecular flexibility index (Phi) is 3.06. The molecule has 2 aromatic heterocycles. The van der Waals surface area contributed by atoms with Gasteiger partial charge in [-0.3, -0.25) is 4.79 Å². The van der Waals surface area contributed by atoms with Crippen molar-refractivity contribution in [1.29, 1.82) is 0 Å². The van der Waals surface area contributed by atoms with Crippen LogP contribution in [0.5, 0.6) is 0 Å². The summed E-state index contributed by atoms with van der Waals surface area (Å²) in [6.07, 6.45) is 3.62. The highest BCUT2D eigenvalue weighted by Gasteiger charge is 2.47. The second-order valence-corrected chi connectivity index (χ2v) is 9.33. The maximum atomic E-state index is 13.2. The van der Waals surface area contributed by atoms with Crippen molar-refractivity contribution in [2.24, 2.45) is 0 Å². The molecule has 3 aliphatic rings. The Morgan fingerprint density at radius 1 is 1.00 bits per heavy atom. The first-order chi connectivity index (χ1) is 16.1. The summed E-state index contributed by atoms with van der Waals surface area (Å²) in [5, 5.41) is 7.45. The van der Waals surface area contributed by atoms with Crippen LogP contribution in [0.15, 0.2) is 60.7 Å². The Balaban J connectivity index is 1.77. The van der Waals surface area contributed by atoms with Gasteiger partial charge in [-0.25, -0.2) is 0 Å². The maximum absolute atomic E-state index is 13.2. The number of amides is 1. The van der Waals surface area contributed by atoms with Gasteiger partial charge in [-0.15, -0.1) is 0 Å². The average molecular weight is 435 g/mol. The van der Waals surface area contributed by atoms with E-state index in [2.05, 4.69) is 69.9 Å². The molecule has 33 heavy (non-hydrogen) atoms. The van der Waals surface area contributed by atoms with Gasteiger partial charge in [0, 0.05) is 35.2 Å². The van der Waals surface area contributed by atoms with Crippen molar-refractivity contribution in [3.63, 3.8) is 0 Å². The fourth-order valence-corrected chi connectivity index (χ4v) is 6.55. The number of nitrogens with zero attached hydrogens (tertiary/aromatic N) is 2. The van der Waals surface area contributed by atoms with Crippen LogP contribution in [0.1, 0.15) is 29.1 Å². The lowest BCUT2D eigenvalue weighted by Gasteiger charge is -2.41. The molecule has 0 unspecified atom stereocenters. The van der Waals surface area contributed by atoms with E-state index in [0.717, 1.165) is 54.7 Å². The number of carbonyl (C=O) groups excluding carboxylic acids is 1. The molecule has 6 nitrogen and oxygen atoms in total. The molecule has 0 saturated carbocycles. The highest BCUT2D eigenvalue weighted by atomic mass is 16.6. The average Bonchev–Trinajstić information content (AvgIpc) is 3.46. The van der Waals surface area contributed by atoms with Gasteiger partial charge < -0.3 is 23.9 Å². The number of carbonyl (C=O) groups is 1. The highest BCUT2D eigenvalue weighted by molar-refractivity contribution is 6.31. The van der Waals surface area contributed by atoms with Gasteiger partial charge in [-0.1, -0.05) is 42.5 Å². The molecule has 6 heteroatoms. The summed E-state index contributed by atoms with van der Waals surface area (Å²) in [5.41, 5.74) is 5.41. The molecule has 5 heterocycles. The van der Waals surface area contributed by atoms with E-state index in [4.69, 9.17) is 9.47 Å². The standard InChI is InChI=1S/C27H21N3O3/c1-27-19(32-2)11-12-20(33-27)29-17-9-5-3-7-14(17)22-23-16(13-28-26(23)31)21-15-8-4-6-10-18(15)30(27)25(21)24(22)29/h3-12,19-20H,13H2,1-2H3,(H,28,31)/t19-,20-,27+/m1/s1. The normalized spacial score (nSPS) is 25.5. The lowest BCUT2D eigenvalue weighted by atomic mass is 9.97. The number of rotatable bonds is 1. The molecule has 0 spiro atoms. The molecule has 5 aromatic rings. The third kappa shape index (κ3) is 1.85. The summed E-state index contributed by atoms with van der Waals surface area (Å²) >= 11 is 0. The van der Waals surface area contributed by atoms with E-state index >= 15 is 0 Å². The molecule has 0 aliphatic carbocycles. The topological polar surface area (TPSA) is 57.4 Å². The second kappa shape index (κ2) is 5.65. The Morgan fingerprint density at radius 3 is 2.52 bits per heavy atom. The lowest BCUT2D eigenvalue weighted by molar-refractivity contribution is -0.199. The minimum atomic E-state index is -0.757. The van der Waals surface area contributed by atoms with Crippen LogP contribution < -0.4 is 5.32 Å². The molecule has 2 bridgehead atoms. The first kappa shape index (κ1) is 17.9. The predicted molar refractivity (Wildman–Crippen MR) is 127 cm³/mol. The molecular formula is C27H21N3O3. The van der Waals surface area contributed by atoms with Gasteiger partial charge in [-0.05, 0) is 30.7 Å². The number of ether oxygens (including phenoxy) is 2. The number of nitrogens with one attached hydrogen (secondary N) is 1. The van der Waals surface area contributed by atoms with E-state index in [-0.39, 0.29) is 18.2 Å². The predicted octanol–water partition coefficient (Wildman–Crippen LogP) is 4.93. The molecular weight excluding hydrogens is 414 g/mol. The van der Waals surface area contributed by atoms with Gasteiger partial charge in [0.15, 0.2) is 12.0 Å². The molecule has 3 aliphatic heterocycles. The third-order valence-corrected chi connectivity index (χ3v) is 7.81. The number of fused-ring (bicyclic) bond motifs is 13. The smallest absolute Gasteiger partial charge is 0.252 e. The van der Waals surface area contributed by atoms with E-state index in [1.165, 1.54) is 0 Å². The van der Waals surface area contributed by atoms with Crippen molar-refractivity contribution in [3.05, 3.63) is 71.8 Å². The van der Waals surface area contributed by atoms with Gasteiger partial charge >= 0.3 is 0 Å². The second-order valence-electron chi connectivity index (χ2n) is 9.33. The van der Waals surface area contributed by atoms with E-state index < -0.39 is 5.72 Å². The quantitative estimate of drug-likeness (QED) is 0.380. The number of hydrogen-bond acceptors (Lipinski definition) is 3. The van der Waals surface area contributed by atoms with E-state index in [1.807, 2.05) is 12.1 Å². The zero-order valence-corrected chi connectivity index (χ0v) is 18.3. The summed E-state index contributed by atoms with van der Waals surface area (Å²) in [4.78, 5) is 13.2. The Morgan fingerprint density at radius 2 is 1.73 bits per heavy atom. The van der Waals surface area contributed by atoms with Crippen molar-refractivity contribution in [2.75, 3.05) is 7.11 Å². The zero-order valence-electron chi connectivity index (χ0n) is 18.3. The number of methoxy groups -OCH3 is 1. The molecule has 162 valence electrons. The first-order valence-electron chi connectivity index (χ1n) is 11.3. The van der Waals surface area contributed by atoms with E-state index in [9.17, 15) is 4.79 Å². The van der Waals surface area contributed by atoms with Gasteiger partial charge in [-0.2, -0.15) is 0 Å². The van der Waals surface area contributed by atoms with Crippen LogP contribution in [0.4, 0.5) is 0 Å². The van der Waals surface area contributed by atoms with Crippen LogP contribution in [0.25, 0.3) is 43.6 Å². The Hall–Kier alpha value is -3.61. The van der Waals surface area contributed by atoms with Crippen molar-refractivity contribution in [2.45, 2.75) is 31.5 Å². The molecule has 1 N–H and O–H groups in total. The Bertz CT molecular complexity index is 1740. The van der Waals surface area contributed by atoms with Crippen LogP contribution in [0.3, 0.4) is 0 Å². The fraction of sp³-hybridized carbons (Fsp3) is 0.222. The molecule has 3 aromatic carbocycles. The molecule has 3 atom stereocenters. The monoisotopic (exact) mass is 435 g/mol. The van der Waals surface area contributed by atoms with E-state index in [0.29, 0.717) is 6.54 Å². The molecule has 8 rings (SSSR count). The van der Waals surface area contributed by atoms with Crippen LogP contribution >= 0.6 is 0 Å². The summed E-state index contributed by atoms with van der Waals surface area (Å²) in [6, 6.07) is 16.7. The zero-order chi connectivity index (χ0) is 22.1. The SMILES string of the molecule is CO[C@@H]1C=C[C@H]2O[C@]1(C)n1c3ccccc3c3c4c(c5c6ccccc6n2c5c31)C(=O)NC4. The van der Waals surface area contributed by atoms with Crippen LogP contribution in [-0.4, -0.2) is 28.3 Å². The summed E-state index contributed by atoms with van der Waals surface area (Å²) in [6.45, 7) is 2.64. The van der Waals surface area contributed by atoms with Crippen LogP contribution in [-0.2, 0) is 21.7 Å². The van der Waals surface area contributed by atoms with Crippen LogP contribution in [0.2, 0.25) is 0 Å². The van der Waals surface area contributed by atoms with Gasteiger partial charge in [0.05, 0.1) is 27.6 Å². The number of para-hydroxylation sites is 2. The fourth-order valence-electron chi connectivity index (χ4n) is 6.55. The largest absolute Gasteiger partial charge is 0.372 e. The molecule has 0 fully saturated rings. The minimum absolute atomic E-state index is 0.00343. The maximum Gasteiger partial charge on any atom is 0.252 e. The molecule has 0 radical (unpaired) electrons. The van der Waals surface area contributed by atoms with Crippen molar-refractivity contribution in [1.82, 2.24) is 14.5 Å². The highest BCUT2D eigenvalue weighted by Crippen LogP contribution is 2.52. The van der Waals surface area contributed by atoms with E-state index in [1.54, 1.807) is 7.11 Å². The third-order valence-electron chi connectivity index (χ3n) is 7.81. The van der Waals surface area contributed by atoms with Gasteiger partial charge in [0.1, 0.15) is 6.10 Å². The molecule has 1 amide bonds. The number of benzene rings is 3. The summed E-state index contributed by atoms with van der Waals surface area (Å²) in [5.74, 6) is -0.00343.